The number of ether oxygens (including phenoxy) is 2. The average Bonchev–Trinajstić information content (AvgIpc) is 3.17. The highest BCUT2D eigenvalue weighted by Gasteiger charge is 2.23. The van der Waals surface area contributed by atoms with Crippen LogP contribution in [0.25, 0.3) is 43.1 Å². The molecule has 0 aliphatic heterocycles. The van der Waals surface area contributed by atoms with E-state index in [2.05, 4.69) is 105 Å². The van der Waals surface area contributed by atoms with Crippen LogP contribution in [0.2, 0.25) is 0 Å². The summed E-state index contributed by atoms with van der Waals surface area (Å²) >= 11 is 7.79. The fourth-order valence-corrected chi connectivity index (χ4v) is 9.14. The zero-order valence-corrected chi connectivity index (χ0v) is 32.6. The van der Waals surface area contributed by atoms with Gasteiger partial charge in [-0.15, -0.1) is 0 Å². The standard InChI is InChI=1S/C46H40Br2O4/c1-51-45-39(15-5-3-9-29-17-19-31-23-33-11-7-13-35(27-49)41(33)25-37(31)21-29)44(48)46(52-2)40(43(45)47)16-6-4-10-30-18-20-32-24-34-12-8-14-36(28-50)42(34)26-38(32)22-30/h7-8,11-14,17-28H,3-6,9-10,15-16H2,1-2H3. The topological polar surface area (TPSA) is 52.6 Å². The first-order valence-corrected chi connectivity index (χ1v) is 19.4. The first kappa shape index (κ1) is 35.9. The van der Waals surface area contributed by atoms with Crippen molar-refractivity contribution in [1.82, 2.24) is 0 Å². The molecule has 0 unspecified atom stereocenters. The number of aryl methyl sites for hydroxylation is 2. The van der Waals surface area contributed by atoms with Crippen molar-refractivity contribution in [1.29, 1.82) is 0 Å². The van der Waals surface area contributed by atoms with Crippen molar-refractivity contribution < 1.29 is 19.1 Å². The minimum atomic E-state index is 0.725. The van der Waals surface area contributed by atoms with Crippen molar-refractivity contribution in [3.05, 3.63) is 139 Å². The van der Waals surface area contributed by atoms with Crippen molar-refractivity contribution in [3.63, 3.8) is 0 Å². The Morgan fingerprint density at radius 2 is 0.904 bits per heavy atom. The van der Waals surface area contributed by atoms with Crippen LogP contribution in [0.4, 0.5) is 0 Å². The first-order valence-electron chi connectivity index (χ1n) is 17.8. The number of benzene rings is 7. The highest BCUT2D eigenvalue weighted by molar-refractivity contribution is 9.11. The third-order valence-electron chi connectivity index (χ3n) is 10.3. The number of fused-ring (bicyclic) bond motifs is 4. The molecule has 0 bridgehead atoms. The second-order valence-electron chi connectivity index (χ2n) is 13.5. The van der Waals surface area contributed by atoms with E-state index in [4.69, 9.17) is 9.47 Å². The van der Waals surface area contributed by atoms with Crippen LogP contribution in [0.5, 0.6) is 11.5 Å². The van der Waals surface area contributed by atoms with E-state index in [9.17, 15) is 9.59 Å². The van der Waals surface area contributed by atoms with Crippen molar-refractivity contribution in [3.8, 4) is 11.5 Å². The minimum absolute atomic E-state index is 0.725. The van der Waals surface area contributed by atoms with Crippen LogP contribution in [0.3, 0.4) is 0 Å². The summed E-state index contributed by atoms with van der Waals surface area (Å²) in [6.07, 6.45) is 9.55. The van der Waals surface area contributed by atoms with Crippen molar-refractivity contribution in [2.24, 2.45) is 0 Å². The molecule has 0 aliphatic rings. The van der Waals surface area contributed by atoms with Crippen LogP contribution in [0.15, 0.2) is 106 Å². The molecule has 7 aromatic rings. The molecule has 7 aromatic carbocycles. The number of aldehydes is 2. The molecular weight excluding hydrogens is 776 g/mol. The zero-order chi connectivity index (χ0) is 36.2. The molecule has 7 rings (SSSR count). The third-order valence-corrected chi connectivity index (χ3v) is 12.0. The lowest BCUT2D eigenvalue weighted by atomic mass is 9.96. The molecule has 0 atom stereocenters. The lowest BCUT2D eigenvalue weighted by Gasteiger charge is -2.20. The van der Waals surface area contributed by atoms with Gasteiger partial charge >= 0.3 is 0 Å². The Hall–Kier alpha value is -4.52. The Bertz CT molecular complexity index is 2290. The van der Waals surface area contributed by atoms with E-state index in [1.165, 1.54) is 21.9 Å². The maximum absolute atomic E-state index is 11.6. The summed E-state index contributed by atoms with van der Waals surface area (Å²) in [6.45, 7) is 0. The molecule has 0 fully saturated rings. The maximum atomic E-state index is 11.6. The van der Waals surface area contributed by atoms with Gasteiger partial charge in [0, 0.05) is 22.3 Å². The Labute approximate surface area is 321 Å². The van der Waals surface area contributed by atoms with E-state index in [0.717, 1.165) is 139 Å². The Morgan fingerprint density at radius 3 is 1.31 bits per heavy atom. The molecule has 0 aromatic heterocycles. The van der Waals surface area contributed by atoms with Crippen LogP contribution in [0, 0.1) is 0 Å². The molecule has 0 radical (unpaired) electrons. The number of carbonyl (C=O) groups excluding carboxylic acids is 2. The SMILES string of the molecule is COc1c(Br)c(CCCCc2ccc3cc4cccc(C=O)c4cc3c2)c(OC)c(Br)c1CCCCc1ccc2cc3cccc(C=O)c3cc2c1. The van der Waals surface area contributed by atoms with Crippen LogP contribution >= 0.6 is 31.9 Å². The van der Waals surface area contributed by atoms with Gasteiger partial charge in [0.1, 0.15) is 11.5 Å². The zero-order valence-electron chi connectivity index (χ0n) is 29.4. The molecule has 0 saturated carbocycles. The quantitative estimate of drug-likeness (QED) is 0.0623. The van der Waals surface area contributed by atoms with Crippen LogP contribution in [-0.4, -0.2) is 26.8 Å². The Morgan fingerprint density at radius 1 is 0.481 bits per heavy atom. The van der Waals surface area contributed by atoms with Gasteiger partial charge in [0.05, 0.1) is 23.2 Å². The molecule has 262 valence electrons. The van der Waals surface area contributed by atoms with Crippen LogP contribution in [-0.2, 0) is 25.7 Å². The number of hydrogen-bond acceptors (Lipinski definition) is 4. The summed E-state index contributed by atoms with van der Waals surface area (Å²) < 4.78 is 13.9. The number of rotatable bonds is 14. The lowest BCUT2D eigenvalue weighted by Crippen LogP contribution is -2.04. The third kappa shape index (κ3) is 7.24. The lowest BCUT2D eigenvalue weighted by molar-refractivity contribution is 0.111. The van der Waals surface area contributed by atoms with Crippen LogP contribution < -0.4 is 9.47 Å². The normalized spacial score (nSPS) is 11.5. The molecule has 52 heavy (non-hydrogen) atoms. The fraction of sp³-hybridized carbons (Fsp3) is 0.217. The Kier molecular flexibility index (Phi) is 11.0. The van der Waals surface area contributed by atoms with E-state index in [1.807, 2.05) is 24.3 Å². The molecule has 0 spiro atoms. The summed E-state index contributed by atoms with van der Waals surface area (Å²) in [5.41, 5.74) is 6.26. The Balaban J connectivity index is 0.999. The minimum Gasteiger partial charge on any atom is -0.495 e. The average molecular weight is 817 g/mol. The van der Waals surface area contributed by atoms with Gasteiger partial charge in [-0.2, -0.15) is 0 Å². The maximum Gasteiger partial charge on any atom is 0.150 e. The summed E-state index contributed by atoms with van der Waals surface area (Å²) in [7, 11) is 3.48. The fourth-order valence-electron chi connectivity index (χ4n) is 7.58. The van der Waals surface area contributed by atoms with Gasteiger partial charge in [-0.05, 0) is 162 Å². The summed E-state index contributed by atoms with van der Waals surface area (Å²) in [6, 6.07) is 33.7. The van der Waals surface area contributed by atoms with Gasteiger partial charge in [-0.1, -0.05) is 72.8 Å². The number of unbranched alkanes of at least 4 members (excludes halogenated alkanes) is 2. The highest BCUT2D eigenvalue weighted by atomic mass is 79.9. The van der Waals surface area contributed by atoms with E-state index in [0.29, 0.717) is 0 Å². The summed E-state index contributed by atoms with van der Waals surface area (Å²) in [5, 5.41) is 8.85. The summed E-state index contributed by atoms with van der Waals surface area (Å²) in [5.74, 6) is 1.73. The van der Waals surface area contributed by atoms with E-state index in [-0.39, 0.29) is 0 Å². The number of hydrogen-bond donors (Lipinski definition) is 0. The molecule has 0 aliphatic carbocycles. The van der Waals surface area contributed by atoms with E-state index in [1.54, 1.807) is 14.2 Å². The predicted molar refractivity (Wildman–Crippen MR) is 222 cm³/mol. The molecule has 0 saturated heterocycles. The first-order chi connectivity index (χ1) is 25.4. The largest absolute Gasteiger partial charge is 0.495 e. The van der Waals surface area contributed by atoms with Crippen molar-refractivity contribution in [2.75, 3.05) is 14.2 Å². The van der Waals surface area contributed by atoms with Gasteiger partial charge in [0.15, 0.2) is 12.6 Å². The smallest absolute Gasteiger partial charge is 0.150 e. The van der Waals surface area contributed by atoms with Crippen molar-refractivity contribution >= 4 is 87.5 Å². The second-order valence-corrected chi connectivity index (χ2v) is 15.1. The van der Waals surface area contributed by atoms with Crippen LogP contribution in [0.1, 0.15) is 68.7 Å². The summed E-state index contributed by atoms with van der Waals surface area (Å²) in [4.78, 5) is 23.2. The predicted octanol–water partition coefficient (Wildman–Crippen LogP) is 12.6. The molecule has 6 heteroatoms. The molecule has 0 heterocycles. The molecular formula is C46H40Br2O4. The molecule has 0 amide bonds. The number of halogens is 2. The number of carbonyl (C=O) groups is 2. The van der Waals surface area contributed by atoms with E-state index >= 15 is 0 Å². The highest BCUT2D eigenvalue weighted by Crippen LogP contribution is 2.46. The van der Waals surface area contributed by atoms with Gasteiger partial charge in [0.25, 0.3) is 0 Å². The number of methoxy groups -OCH3 is 2. The van der Waals surface area contributed by atoms with Gasteiger partial charge in [-0.25, -0.2) is 0 Å². The van der Waals surface area contributed by atoms with Gasteiger partial charge in [0.2, 0.25) is 0 Å². The monoisotopic (exact) mass is 814 g/mol. The van der Waals surface area contributed by atoms with Gasteiger partial charge in [-0.3, -0.25) is 9.59 Å². The molecule has 4 nitrogen and oxygen atoms in total. The van der Waals surface area contributed by atoms with Gasteiger partial charge < -0.3 is 9.47 Å². The van der Waals surface area contributed by atoms with E-state index < -0.39 is 0 Å². The van der Waals surface area contributed by atoms with Crippen molar-refractivity contribution in [2.45, 2.75) is 51.4 Å². The molecule has 0 N–H and O–H groups in total. The second kappa shape index (κ2) is 16.0.